The molecule has 0 amide bonds. The Bertz CT molecular complexity index is 850. The second-order valence-electron chi connectivity index (χ2n) is 6.19. The van der Waals surface area contributed by atoms with Gasteiger partial charge in [0.15, 0.2) is 11.6 Å². The van der Waals surface area contributed by atoms with Crippen LogP contribution >= 0.6 is 0 Å². The predicted molar refractivity (Wildman–Crippen MR) is 100 cm³/mol. The predicted octanol–water partition coefficient (Wildman–Crippen LogP) is 5.23. The third-order valence-corrected chi connectivity index (χ3v) is 4.34. The highest BCUT2D eigenvalue weighted by molar-refractivity contribution is 6.06. The van der Waals surface area contributed by atoms with Crippen molar-refractivity contribution in [3.63, 3.8) is 0 Å². The summed E-state index contributed by atoms with van der Waals surface area (Å²) in [5, 5.41) is 0. The summed E-state index contributed by atoms with van der Waals surface area (Å²) in [4.78, 5) is 25.7. The van der Waals surface area contributed by atoms with Gasteiger partial charge in [-0.3, -0.25) is 9.59 Å². The van der Waals surface area contributed by atoms with E-state index in [0.717, 1.165) is 11.1 Å². The molecule has 0 aliphatic rings. The molecule has 2 nitrogen and oxygen atoms in total. The first kappa shape index (κ1) is 16.8. The molecule has 0 aromatic heterocycles. The van der Waals surface area contributed by atoms with Crippen molar-refractivity contribution < 1.29 is 9.59 Å². The third kappa shape index (κ3) is 4.10. The van der Waals surface area contributed by atoms with Crippen molar-refractivity contribution in [3.05, 3.63) is 107 Å². The third-order valence-electron chi connectivity index (χ3n) is 4.34. The highest BCUT2D eigenvalue weighted by Crippen LogP contribution is 2.26. The SMILES string of the molecule is Cc1ccc(C(=O)CC(C(=O)c2ccccc2)c2ccccc2)cc1. The quantitative estimate of drug-likeness (QED) is 0.580. The van der Waals surface area contributed by atoms with Gasteiger partial charge in [0, 0.05) is 17.5 Å². The van der Waals surface area contributed by atoms with E-state index in [-0.39, 0.29) is 18.0 Å². The van der Waals surface area contributed by atoms with Gasteiger partial charge >= 0.3 is 0 Å². The Kier molecular flexibility index (Phi) is 5.20. The van der Waals surface area contributed by atoms with Gasteiger partial charge in [0.1, 0.15) is 0 Å². The normalized spacial score (nSPS) is 11.7. The Morgan fingerprint density at radius 1 is 0.720 bits per heavy atom. The zero-order chi connectivity index (χ0) is 17.6. The first-order valence-corrected chi connectivity index (χ1v) is 8.39. The van der Waals surface area contributed by atoms with Crippen LogP contribution in [0, 0.1) is 6.92 Å². The van der Waals surface area contributed by atoms with Crippen LogP contribution in [0.3, 0.4) is 0 Å². The van der Waals surface area contributed by atoms with Gasteiger partial charge in [-0.05, 0) is 12.5 Å². The van der Waals surface area contributed by atoms with E-state index in [2.05, 4.69) is 0 Å². The summed E-state index contributed by atoms with van der Waals surface area (Å²) < 4.78 is 0. The van der Waals surface area contributed by atoms with Gasteiger partial charge in [0.2, 0.25) is 0 Å². The van der Waals surface area contributed by atoms with Gasteiger partial charge < -0.3 is 0 Å². The van der Waals surface area contributed by atoms with E-state index in [1.54, 1.807) is 12.1 Å². The number of hydrogen-bond acceptors (Lipinski definition) is 2. The molecule has 0 fully saturated rings. The molecule has 0 spiro atoms. The molecule has 0 aliphatic carbocycles. The second kappa shape index (κ2) is 7.71. The van der Waals surface area contributed by atoms with Gasteiger partial charge in [0.25, 0.3) is 0 Å². The minimum Gasteiger partial charge on any atom is -0.294 e. The Morgan fingerprint density at radius 3 is 1.88 bits per heavy atom. The molecule has 0 N–H and O–H groups in total. The first-order valence-electron chi connectivity index (χ1n) is 8.39. The zero-order valence-corrected chi connectivity index (χ0v) is 14.2. The van der Waals surface area contributed by atoms with Crippen molar-refractivity contribution in [2.24, 2.45) is 0 Å². The number of ketones is 2. The molecule has 0 bridgehead atoms. The maximum Gasteiger partial charge on any atom is 0.170 e. The minimum atomic E-state index is -0.475. The molecule has 0 saturated heterocycles. The van der Waals surface area contributed by atoms with E-state index in [1.807, 2.05) is 79.7 Å². The molecule has 3 rings (SSSR count). The van der Waals surface area contributed by atoms with Crippen molar-refractivity contribution >= 4 is 11.6 Å². The lowest BCUT2D eigenvalue weighted by Gasteiger charge is -2.16. The van der Waals surface area contributed by atoms with Crippen molar-refractivity contribution in [3.8, 4) is 0 Å². The van der Waals surface area contributed by atoms with Gasteiger partial charge in [-0.15, -0.1) is 0 Å². The van der Waals surface area contributed by atoms with E-state index < -0.39 is 5.92 Å². The molecule has 1 atom stereocenters. The van der Waals surface area contributed by atoms with Crippen molar-refractivity contribution in [2.45, 2.75) is 19.3 Å². The summed E-state index contributed by atoms with van der Waals surface area (Å²) in [6.45, 7) is 1.99. The van der Waals surface area contributed by atoms with Crippen LogP contribution < -0.4 is 0 Å². The highest BCUT2D eigenvalue weighted by Gasteiger charge is 2.25. The van der Waals surface area contributed by atoms with Crippen LogP contribution in [-0.2, 0) is 0 Å². The standard InChI is InChI=1S/C23H20O2/c1-17-12-14-19(15-13-17)22(24)16-21(18-8-4-2-5-9-18)23(25)20-10-6-3-7-11-20/h2-15,21H,16H2,1H3. The van der Waals surface area contributed by atoms with E-state index in [1.165, 1.54) is 0 Å². The molecule has 0 saturated carbocycles. The number of carbonyl (C=O) groups is 2. The first-order chi connectivity index (χ1) is 12.1. The molecule has 0 heterocycles. The fourth-order valence-electron chi connectivity index (χ4n) is 2.89. The largest absolute Gasteiger partial charge is 0.294 e. The lowest BCUT2D eigenvalue weighted by atomic mass is 9.85. The maximum absolute atomic E-state index is 13.0. The van der Waals surface area contributed by atoms with E-state index in [4.69, 9.17) is 0 Å². The number of Topliss-reactive ketones (excluding diaryl/α,β-unsaturated/α-hetero) is 2. The molecule has 0 radical (unpaired) electrons. The lowest BCUT2D eigenvalue weighted by Crippen LogP contribution is -2.17. The number of rotatable bonds is 6. The summed E-state index contributed by atoms with van der Waals surface area (Å²) in [6.07, 6.45) is 0.167. The van der Waals surface area contributed by atoms with Crippen LogP contribution in [0.25, 0.3) is 0 Å². The summed E-state index contributed by atoms with van der Waals surface area (Å²) in [5.74, 6) is -0.511. The van der Waals surface area contributed by atoms with Crippen LogP contribution in [0.1, 0.15) is 44.2 Å². The van der Waals surface area contributed by atoms with E-state index in [0.29, 0.717) is 11.1 Å². The molecule has 0 aliphatic heterocycles. The molecule has 25 heavy (non-hydrogen) atoms. The Labute approximate surface area is 148 Å². The van der Waals surface area contributed by atoms with Gasteiger partial charge in [-0.1, -0.05) is 90.5 Å². The molecule has 3 aromatic carbocycles. The molecule has 3 aromatic rings. The molecule has 1 unspecified atom stereocenters. The lowest BCUT2D eigenvalue weighted by molar-refractivity contribution is 0.0893. The zero-order valence-electron chi connectivity index (χ0n) is 14.2. The summed E-state index contributed by atoms with van der Waals surface area (Å²) >= 11 is 0. The molecular formula is C23H20O2. The highest BCUT2D eigenvalue weighted by atomic mass is 16.1. The summed E-state index contributed by atoms with van der Waals surface area (Å²) in [5.41, 5.74) is 3.26. The van der Waals surface area contributed by atoms with Gasteiger partial charge in [-0.25, -0.2) is 0 Å². The Morgan fingerprint density at radius 2 is 1.28 bits per heavy atom. The monoisotopic (exact) mass is 328 g/mol. The average Bonchev–Trinajstić information content (AvgIpc) is 2.67. The Hall–Kier alpha value is -3.00. The number of hydrogen-bond donors (Lipinski definition) is 0. The van der Waals surface area contributed by atoms with Crippen LogP contribution in [0.4, 0.5) is 0 Å². The number of carbonyl (C=O) groups excluding carboxylic acids is 2. The number of benzene rings is 3. The molecule has 2 heteroatoms. The average molecular weight is 328 g/mol. The van der Waals surface area contributed by atoms with Crippen molar-refractivity contribution in [1.82, 2.24) is 0 Å². The summed E-state index contributed by atoms with van der Waals surface area (Å²) in [7, 11) is 0. The maximum atomic E-state index is 13.0. The van der Waals surface area contributed by atoms with Crippen molar-refractivity contribution in [2.75, 3.05) is 0 Å². The van der Waals surface area contributed by atoms with Crippen molar-refractivity contribution in [1.29, 1.82) is 0 Å². The van der Waals surface area contributed by atoms with E-state index in [9.17, 15) is 9.59 Å². The topological polar surface area (TPSA) is 34.1 Å². The van der Waals surface area contributed by atoms with Gasteiger partial charge in [-0.2, -0.15) is 0 Å². The number of aryl methyl sites for hydroxylation is 1. The minimum absolute atomic E-state index is 0.0156. The second-order valence-corrected chi connectivity index (χ2v) is 6.19. The Balaban J connectivity index is 1.90. The van der Waals surface area contributed by atoms with Crippen LogP contribution in [-0.4, -0.2) is 11.6 Å². The van der Waals surface area contributed by atoms with Gasteiger partial charge in [0.05, 0.1) is 5.92 Å². The fourth-order valence-corrected chi connectivity index (χ4v) is 2.89. The van der Waals surface area contributed by atoms with E-state index >= 15 is 0 Å². The summed E-state index contributed by atoms with van der Waals surface area (Å²) in [6, 6.07) is 26.2. The molecular weight excluding hydrogens is 308 g/mol. The fraction of sp³-hybridized carbons (Fsp3) is 0.130. The van der Waals surface area contributed by atoms with Crippen LogP contribution in [0.2, 0.25) is 0 Å². The van der Waals surface area contributed by atoms with Crippen LogP contribution in [0.5, 0.6) is 0 Å². The smallest absolute Gasteiger partial charge is 0.170 e. The molecule has 124 valence electrons. The van der Waals surface area contributed by atoms with Crippen LogP contribution in [0.15, 0.2) is 84.9 Å².